The molecule has 0 saturated heterocycles. The van der Waals surface area contributed by atoms with Crippen LogP contribution in [-0.4, -0.2) is 15.8 Å². The van der Waals surface area contributed by atoms with Gasteiger partial charge in [0, 0.05) is 29.2 Å². The van der Waals surface area contributed by atoms with Gasteiger partial charge in [-0.05, 0) is 31.4 Å². The van der Waals surface area contributed by atoms with E-state index in [1.165, 1.54) is 18.4 Å². The first-order valence-corrected chi connectivity index (χ1v) is 8.26. The molecule has 2 aromatic rings. The smallest absolute Gasteiger partial charge is 0.165 e. The van der Waals surface area contributed by atoms with Crippen molar-refractivity contribution >= 4 is 15.9 Å². The Balaban J connectivity index is 1.73. The standard InChI is InChI=1S/C16H20BrN3O/c1-2-7-20-11-15(10-19-20)21-16-8-13(17)4-3-12(16)9-18-14-5-6-14/h3-4,8,10-11,14,18H,2,5-7,9H2,1H3. The van der Waals surface area contributed by atoms with Crippen molar-refractivity contribution in [1.29, 1.82) is 0 Å². The number of hydrogen-bond acceptors (Lipinski definition) is 3. The molecule has 1 aliphatic rings. The lowest BCUT2D eigenvalue weighted by atomic mass is 10.2. The Morgan fingerprint density at radius 1 is 1.43 bits per heavy atom. The molecule has 0 radical (unpaired) electrons. The van der Waals surface area contributed by atoms with Gasteiger partial charge in [0.15, 0.2) is 5.75 Å². The van der Waals surface area contributed by atoms with Crippen LogP contribution in [0.4, 0.5) is 0 Å². The Kier molecular flexibility index (Phi) is 4.60. The summed E-state index contributed by atoms with van der Waals surface area (Å²) < 4.78 is 8.95. The summed E-state index contributed by atoms with van der Waals surface area (Å²) in [7, 11) is 0. The van der Waals surface area contributed by atoms with Crippen LogP contribution in [0.15, 0.2) is 35.1 Å². The highest BCUT2D eigenvalue weighted by atomic mass is 79.9. The Bertz CT molecular complexity index is 607. The fourth-order valence-electron chi connectivity index (χ4n) is 2.19. The Morgan fingerprint density at radius 2 is 2.29 bits per heavy atom. The summed E-state index contributed by atoms with van der Waals surface area (Å²) in [6.45, 7) is 3.90. The zero-order chi connectivity index (χ0) is 14.7. The van der Waals surface area contributed by atoms with E-state index in [0.717, 1.165) is 35.5 Å². The van der Waals surface area contributed by atoms with E-state index in [4.69, 9.17) is 4.74 Å². The summed E-state index contributed by atoms with van der Waals surface area (Å²) in [4.78, 5) is 0. The molecule has 4 nitrogen and oxygen atoms in total. The molecule has 1 aromatic carbocycles. The van der Waals surface area contributed by atoms with Gasteiger partial charge in [-0.15, -0.1) is 0 Å². The van der Waals surface area contributed by atoms with Crippen LogP contribution < -0.4 is 10.1 Å². The van der Waals surface area contributed by atoms with Crippen LogP contribution in [0.2, 0.25) is 0 Å². The van der Waals surface area contributed by atoms with Gasteiger partial charge >= 0.3 is 0 Å². The number of hydrogen-bond donors (Lipinski definition) is 1. The average Bonchev–Trinajstić information content (AvgIpc) is 3.19. The number of benzene rings is 1. The van der Waals surface area contributed by atoms with E-state index in [-0.39, 0.29) is 0 Å². The molecule has 1 aliphatic carbocycles. The van der Waals surface area contributed by atoms with Gasteiger partial charge in [0.25, 0.3) is 0 Å². The quantitative estimate of drug-likeness (QED) is 0.817. The van der Waals surface area contributed by atoms with E-state index >= 15 is 0 Å². The largest absolute Gasteiger partial charge is 0.454 e. The number of nitrogens with one attached hydrogen (secondary N) is 1. The topological polar surface area (TPSA) is 39.1 Å². The zero-order valence-electron chi connectivity index (χ0n) is 12.2. The second-order valence-corrected chi connectivity index (χ2v) is 6.36. The number of aryl methyl sites for hydroxylation is 1. The molecule has 0 bridgehead atoms. The molecule has 112 valence electrons. The van der Waals surface area contributed by atoms with Gasteiger partial charge in [0.05, 0.1) is 12.4 Å². The maximum absolute atomic E-state index is 6.02. The van der Waals surface area contributed by atoms with Crippen molar-refractivity contribution in [1.82, 2.24) is 15.1 Å². The first kappa shape index (κ1) is 14.6. The van der Waals surface area contributed by atoms with E-state index in [0.29, 0.717) is 6.04 Å². The number of ether oxygens (including phenoxy) is 1. The van der Waals surface area contributed by atoms with Gasteiger partial charge < -0.3 is 10.1 Å². The van der Waals surface area contributed by atoms with E-state index in [9.17, 15) is 0 Å². The second-order valence-electron chi connectivity index (χ2n) is 5.45. The summed E-state index contributed by atoms with van der Waals surface area (Å²) in [5.74, 6) is 1.67. The fraction of sp³-hybridized carbons (Fsp3) is 0.438. The summed E-state index contributed by atoms with van der Waals surface area (Å²) in [6, 6.07) is 6.86. The molecule has 1 fully saturated rings. The van der Waals surface area contributed by atoms with Gasteiger partial charge in [-0.25, -0.2) is 0 Å². The van der Waals surface area contributed by atoms with E-state index in [2.05, 4.69) is 45.4 Å². The van der Waals surface area contributed by atoms with Crippen molar-refractivity contribution < 1.29 is 4.74 Å². The van der Waals surface area contributed by atoms with E-state index < -0.39 is 0 Å². The SMILES string of the molecule is CCCn1cc(Oc2cc(Br)ccc2CNC2CC2)cn1. The molecule has 0 atom stereocenters. The maximum Gasteiger partial charge on any atom is 0.165 e. The number of rotatable bonds is 7. The molecule has 0 unspecified atom stereocenters. The molecule has 0 aliphatic heterocycles. The summed E-state index contributed by atoms with van der Waals surface area (Å²) >= 11 is 3.51. The van der Waals surface area contributed by atoms with Crippen LogP contribution in [0.3, 0.4) is 0 Å². The fourth-order valence-corrected chi connectivity index (χ4v) is 2.53. The minimum absolute atomic E-state index is 0.689. The molecular weight excluding hydrogens is 330 g/mol. The van der Waals surface area contributed by atoms with E-state index in [1.807, 2.05) is 16.9 Å². The molecule has 0 spiro atoms. The molecule has 1 aromatic heterocycles. The first-order chi connectivity index (χ1) is 10.2. The van der Waals surface area contributed by atoms with Crippen molar-refractivity contribution in [2.24, 2.45) is 0 Å². The van der Waals surface area contributed by atoms with Crippen LogP contribution >= 0.6 is 15.9 Å². The van der Waals surface area contributed by atoms with Gasteiger partial charge in [-0.3, -0.25) is 4.68 Å². The van der Waals surface area contributed by atoms with Crippen molar-refractivity contribution in [2.75, 3.05) is 0 Å². The highest BCUT2D eigenvalue weighted by molar-refractivity contribution is 9.10. The molecular formula is C16H20BrN3O. The highest BCUT2D eigenvalue weighted by Gasteiger charge is 2.20. The normalized spacial score (nSPS) is 14.4. The third kappa shape index (κ3) is 4.08. The zero-order valence-corrected chi connectivity index (χ0v) is 13.8. The number of nitrogens with zero attached hydrogens (tertiary/aromatic N) is 2. The third-order valence-electron chi connectivity index (χ3n) is 3.48. The lowest BCUT2D eigenvalue weighted by molar-refractivity contribution is 0.470. The number of halogens is 1. The Hall–Kier alpha value is -1.33. The lowest BCUT2D eigenvalue weighted by Gasteiger charge is -2.11. The highest BCUT2D eigenvalue weighted by Crippen LogP contribution is 2.29. The average molecular weight is 350 g/mol. The van der Waals surface area contributed by atoms with Gasteiger partial charge in [0.1, 0.15) is 5.75 Å². The minimum atomic E-state index is 0.689. The molecule has 1 saturated carbocycles. The Morgan fingerprint density at radius 3 is 3.05 bits per heavy atom. The predicted octanol–water partition coefficient (Wildman–Crippen LogP) is 4.10. The van der Waals surface area contributed by atoms with Crippen LogP contribution in [0.5, 0.6) is 11.5 Å². The van der Waals surface area contributed by atoms with Crippen molar-refractivity contribution in [3.63, 3.8) is 0 Å². The summed E-state index contributed by atoms with van der Waals surface area (Å²) in [6.07, 6.45) is 7.36. The molecule has 1 heterocycles. The molecule has 0 amide bonds. The first-order valence-electron chi connectivity index (χ1n) is 7.46. The van der Waals surface area contributed by atoms with Crippen molar-refractivity contribution in [2.45, 2.75) is 45.3 Å². The van der Waals surface area contributed by atoms with Crippen LogP contribution in [0, 0.1) is 0 Å². The summed E-state index contributed by atoms with van der Waals surface area (Å²) in [5.41, 5.74) is 1.17. The van der Waals surface area contributed by atoms with Crippen LogP contribution in [0.1, 0.15) is 31.7 Å². The second kappa shape index (κ2) is 6.62. The lowest BCUT2D eigenvalue weighted by Crippen LogP contribution is -2.15. The maximum atomic E-state index is 6.02. The minimum Gasteiger partial charge on any atom is -0.454 e. The van der Waals surface area contributed by atoms with Gasteiger partial charge in [-0.2, -0.15) is 5.10 Å². The van der Waals surface area contributed by atoms with Crippen LogP contribution in [-0.2, 0) is 13.1 Å². The van der Waals surface area contributed by atoms with Crippen molar-refractivity contribution in [3.05, 3.63) is 40.6 Å². The van der Waals surface area contributed by atoms with Crippen molar-refractivity contribution in [3.8, 4) is 11.5 Å². The third-order valence-corrected chi connectivity index (χ3v) is 3.97. The van der Waals surface area contributed by atoms with Crippen LogP contribution in [0.25, 0.3) is 0 Å². The molecule has 5 heteroatoms. The van der Waals surface area contributed by atoms with Gasteiger partial charge in [-0.1, -0.05) is 28.9 Å². The molecule has 3 rings (SSSR count). The predicted molar refractivity (Wildman–Crippen MR) is 86.6 cm³/mol. The van der Waals surface area contributed by atoms with Gasteiger partial charge in [0.2, 0.25) is 0 Å². The van der Waals surface area contributed by atoms with E-state index in [1.54, 1.807) is 6.20 Å². The molecule has 1 N–H and O–H groups in total. The number of aromatic nitrogens is 2. The monoisotopic (exact) mass is 349 g/mol. The molecule has 21 heavy (non-hydrogen) atoms. The summed E-state index contributed by atoms with van der Waals surface area (Å²) in [5, 5.41) is 7.83. The Labute approximate surface area is 133 Å².